The number of rotatable bonds is 4. The molecule has 0 N–H and O–H groups in total. The fraction of sp³-hybridized carbons (Fsp3) is 0.0952. The van der Waals surface area contributed by atoms with Gasteiger partial charge in [-0.25, -0.2) is 9.66 Å². The molecular weight excluding hydrogens is 425 g/mol. The summed E-state index contributed by atoms with van der Waals surface area (Å²) in [6.07, 6.45) is 5.44. The van der Waals surface area contributed by atoms with E-state index < -0.39 is 0 Å². The predicted octanol–water partition coefficient (Wildman–Crippen LogP) is 5.51. The van der Waals surface area contributed by atoms with E-state index in [1.54, 1.807) is 36.4 Å². The molecule has 0 aliphatic heterocycles. The lowest BCUT2D eigenvalue weighted by Crippen LogP contribution is -2.14. The first kappa shape index (κ1) is 19.6. The summed E-state index contributed by atoms with van der Waals surface area (Å²) in [7, 11) is 1.75. The van der Waals surface area contributed by atoms with E-state index in [1.807, 2.05) is 53.4 Å². The van der Waals surface area contributed by atoms with Crippen LogP contribution in [0.5, 0.6) is 0 Å². The fourth-order valence-electron chi connectivity index (χ4n) is 2.92. The Morgan fingerprint density at radius 2 is 1.90 bits per heavy atom. The fourth-order valence-corrected chi connectivity index (χ4v) is 4.10. The second-order valence-electron chi connectivity index (χ2n) is 6.27. The summed E-state index contributed by atoms with van der Waals surface area (Å²) in [5.74, 6) is 0. The summed E-state index contributed by atoms with van der Waals surface area (Å²) in [6.45, 7) is 1.97. The number of thiazole rings is 1. The SMILES string of the molecule is CN=c1scc(-c2cc(Cl)ccc2Cl)n1N=C(C)c1ccc(-n2ccnc2)cc1. The molecule has 0 fully saturated rings. The number of benzene rings is 2. The van der Waals surface area contributed by atoms with Crippen LogP contribution in [0.2, 0.25) is 10.0 Å². The van der Waals surface area contributed by atoms with Gasteiger partial charge in [0.15, 0.2) is 0 Å². The molecule has 0 saturated carbocycles. The first-order valence-corrected chi connectivity index (χ1v) is 10.4. The van der Waals surface area contributed by atoms with Crippen molar-refractivity contribution in [3.05, 3.63) is 87.0 Å². The molecule has 0 bridgehead atoms. The van der Waals surface area contributed by atoms with Crippen molar-refractivity contribution in [1.82, 2.24) is 14.2 Å². The molecule has 0 unspecified atom stereocenters. The van der Waals surface area contributed by atoms with Crippen LogP contribution in [0.4, 0.5) is 0 Å². The molecule has 4 rings (SSSR count). The average Bonchev–Trinajstić information content (AvgIpc) is 3.40. The van der Waals surface area contributed by atoms with Crippen molar-refractivity contribution in [2.24, 2.45) is 10.1 Å². The maximum Gasteiger partial charge on any atom is 0.205 e. The van der Waals surface area contributed by atoms with Gasteiger partial charge in [0.05, 0.1) is 22.8 Å². The number of aromatic nitrogens is 3. The summed E-state index contributed by atoms with van der Waals surface area (Å²) in [5.41, 5.74) is 4.57. The zero-order chi connectivity index (χ0) is 20.4. The molecule has 0 radical (unpaired) electrons. The minimum atomic E-state index is 0.612. The monoisotopic (exact) mass is 441 g/mol. The van der Waals surface area contributed by atoms with Crippen molar-refractivity contribution in [3.63, 3.8) is 0 Å². The zero-order valence-electron chi connectivity index (χ0n) is 15.8. The highest BCUT2D eigenvalue weighted by molar-refractivity contribution is 7.07. The van der Waals surface area contributed by atoms with Crippen LogP contribution in [0.25, 0.3) is 16.9 Å². The van der Waals surface area contributed by atoms with Gasteiger partial charge in [0.25, 0.3) is 0 Å². The van der Waals surface area contributed by atoms with Crippen LogP contribution in [-0.2, 0) is 0 Å². The molecule has 2 heterocycles. The molecule has 4 aromatic rings. The summed E-state index contributed by atoms with van der Waals surface area (Å²) in [4.78, 5) is 9.20. The average molecular weight is 442 g/mol. The Balaban J connectivity index is 1.76. The quantitative estimate of drug-likeness (QED) is 0.385. The van der Waals surface area contributed by atoms with E-state index in [1.165, 1.54) is 11.3 Å². The molecule has 0 aliphatic rings. The maximum atomic E-state index is 6.42. The van der Waals surface area contributed by atoms with Crippen LogP contribution in [0.15, 0.2) is 76.7 Å². The van der Waals surface area contributed by atoms with Gasteiger partial charge in [-0.1, -0.05) is 35.3 Å². The van der Waals surface area contributed by atoms with Crippen LogP contribution in [0.1, 0.15) is 12.5 Å². The largest absolute Gasteiger partial charge is 0.306 e. The Hall–Kier alpha value is -2.67. The van der Waals surface area contributed by atoms with E-state index in [-0.39, 0.29) is 0 Å². The van der Waals surface area contributed by atoms with Crippen LogP contribution in [0.3, 0.4) is 0 Å². The third-order valence-electron chi connectivity index (χ3n) is 4.42. The Bertz CT molecular complexity index is 1240. The minimum absolute atomic E-state index is 0.612. The van der Waals surface area contributed by atoms with Crippen molar-refractivity contribution in [1.29, 1.82) is 0 Å². The molecule has 2 aromatic carbocycles. The third-order valence-corrected chi connectivity index (χ3v) is 5.89. The van der Waals surface area contributed by atoms with Gasteiger partial charge in [-0.2, -0.15) is 5.10 Å². The van der Waals surface area contributed by atoms with Gasteiger partial charge in [-0.05, 0) is 42.8 Å². The second kappa shape index (κ2) is 8.37. The van der Waals surface area contributed by atoms with Crippen LogP contribution in [0, 0.1) is 0 Å². The van der Waals surface area contributed by atoms with E-state index in [9.17, 15) is 0 Å². The van der Waals surface area contributed by atoms with E-state index in [4.69, 9.17) is 28.3 Å². The highest BCUT2D eigenvalue weighted by Crippen LogP contribution is 2.31. The molecule has 0 amide bonds. The van der Waals surface area contributed by atoms with Gasteiger partial charge >= 0.3 is 0 Å². The van der Waals surface area contributed by atoms with Gasteiger partial charge in [-0.3, -0.25) is 4.99 Å². The van der Waals surface area contributed by atoms with E-state index in [0.29, 0.717) is 10.0 Å². The van der Waals surface area contributed by atoms with E-state index in [2.05, 4.69) is 9.98 Å². The van der Waals surface area contributed by atoms with Gasteiger partial charge in [-0.15, -0.1) is 11.3 Å². The first-order chi connectivity index (χ1) is 14.1. The summed E-state index contributed by atoms with van der Waals surface area (Å²) in [5, 5.41) is 8.04. The second-order valence-corrected chi connectivity index (χ2v) is 7.95. The smallest absolute Gasteiger partial charge is 0.205 e. The molecule has 0 spiro atoms. The number of hydrogen-bond donors (Lipinski definition) is 0. The Kier molecular flexibility index (Phi) is 5.67. The lowest BCUT2D eigenvalue weighted by molar-refractivity contribution is 0.842. The van der Waals surface area contributed by atoms with Gasteiger partial charge in [0, 0.05) is 41.1 Å². The Morgan fingerprint density at radius 1 is 1.10 bits per heavy atom. The van der Waals surface area contributed by atoms with Crippen LogP contribution >= 0.6 is 34.5 Å². The molecule has 8 heteroatoms. The first-order valence-electron chi connectivity index (χ1n) is 8.80. The molecule has 0 atom stereocenters. The van der Waals surface area contributed by atoms with E-state index in [0.717, 1.165) is 33.0 Å². The zero-order valence-corrected chi connectivity index (χ0v) is 18.1. The number of halogens is 2. The van der Waals surface area contributed by atoms with Crippen molar-refractivity contribution in [2.75, 3.05) is 7.05 Å². The molecule has 146 valence electrons. The third kappa shape index (κ3) is 4.05. The van der Waals surface area contributed by atoms with Gasteiger partial charge < -0.3 is 4.57 Å². The van der Waals surface area contributed by atoms with Crippen LogP contribution in [-0.4, -0.2) is 27.0 Å². The highest BCUT2D eigenvalue weighted by Gasteiger charge is 2.12. The molecule has 0 aliphatic carbocycles. The molecule has 2 aromatic heterocycles. The standard InChI is InChI=1S/C21H17Cl2N5S/c1-14(15-3-6-17(7-4-15)27-10-9-25-13-27)26-28-20(12-29-21(28)24-2)18-11-16(22)5-8-19(18)23/h3-13H,1-2H3. The molecule has 29 heavy (non-hydrogen) atoms. The lowest BCUT2D eigenvalue weighted by Gasteiger charge is -2.09. The summed E-state index contributed by atoms with van der Waals surface area (Å²) >= 11 is 14.1. The summed E-state index contributed by atoms with van der Waals surface area (Å²) in [6, 6.07) is 13.5. The van der Waals surface area contributed by atoms with Gasteiger partial charge in [0.1, 0.15) is 0 Å². The lowest BCUT2D eigenvalue weighted by atomic mass is 10.1. The number of hydrogen-bond acceptors (Lipinski definition) is 4. The highest BCUT2D eigenvalue weighted by atomic mass is 35.5. The van der Waals surface area contributed by atoms with Gasteiger partial charge in [0.2, 0.25) is 4.80 Å². The Labute approximate surface area is 182 Å². The van der Waals surface area contributed by atoms with Crippen molar-refractivity contribution < 1.29 is 0 Å². The van der Waals surface area contributed by atoms with Crippen molar-refractivity contribution in [2.45, 2.75) is 6.92 Å². The summed E-state index contributed by atoms with van der Waals surface area (Å²) < 4.78 is 3.76. The number of nitrogens with zero attached hydrogens (tertiary/aromatic N) is 5. The van der Waals surface area contributed by atoms with E-state index >= 15 is 0 Å². The van der Waals surface area contributed by atoms with Crippen molar-refractivity contribution in [3.8, 4) is 16.9 Å². The van der Waals surface area contributed by atoms with Crippen molar-refractivity contribution >= 4 is 40.3 Å². The minimum Gasteiger partial charge on any atom is -0.306 e. The topological polar surface area (TPSA) is 47.5 Å². The Morgan fingerprint density at radius 3 is 2.59 bits per heavy atom. The molecule has 5 nitrogen and oxygen atoms in total. The molecule has 0 saturated heterocycles. The molecular formula is C21H17Cl2N5S. The normalized spacial score (nSPS) is 12.6. The number of imidazole rings is 1. The predicted molar refractivity (Wildman–Crippen MR) is 120 cm³/mol. The van der Waals surface area contributed by atoms with Crippen LogP contribution < -0.4 is 4.80 Å². The maximum absolute atomic E-state index is 6.42.